The zero-order chi connectivity index (χ0) is 10.8. The number of hydrogen-bond donors (Lipinski definition) is 0. The fraction of sp³-hybridized carbons (Fsp3) is 0.700. The molecule has 2 aliphatic heterocycles. The third-order valence-electron chi connectivity index (χ3n) is 2.84. The molecular weight excluding hydrogens is 260 g/mol. The number of carbonyl (C=O) groups excluding carboxylic acids is 1. The standard InChI is InChI=1S/C10H15BrN2O2/c1-12-4-6-13(7-5-12)10(14)8-2-3-9(11)15-8/h3,8H,2,4-7H2,1H3. The predicted molar refractivity (Wildman–Crippen MR) is 60.6 cm³/mol. The van der Waals surface area contributed by atoms with Gasteiger partial charge in [-0.3, -0.25) is 4.79 Å². The Morgan fingerprint density at radius 1 is 1.47 bits per heavy atom. The largest absolute Gasteiger partial charge is 0.474 e. The predicted octanol–water partition coefficient (Wildman–Crippen LogP) is 0.786. The second kappa shape index (κ2) is 4.53. The minimum Gasteiger partial charge on any atom is -0.474 e. The van der Waals surface area contributed by atoms with Crippen molar-refractivity contribution >= 4 is 21.8 Å². The zero-order valence-corrected chi connectivity index (χ0v) is 10.4. The number of nitrogens with zero attached hydrogens (tertiary/aromatic N) is 2. The molecule has 0 saturated carbocycles. The van der Waals surface area contributed by atoms with E-state index in [1.54, 1.807) is 0 Å². The Bertz CT molecular complexity index is 285. The normalized spacial score (nSPS) is 27.5. The lowest BCUT2D eigenvalue weighted by Gasteiger charge is -2.33. The third-order valence-corrected chi connectivity index (χ3v) is 3.35. The number of piperazine rings is 1. The molecule has 2 aliphatic rings. The summed E-state index contributed by atoms with van der Waals surface area (Å²) < 4.78 is 6.07. The van der Waals surface area contributed by atoms with Crippen LogP contribution in [0.15, 0.2) is 10.7 Å². The monoisotopic (exact) mass is 274 g/mol. The first-order valence-electron chi connectivity index (χ1n) is 5.16. The van der Waals surface area contributed by atoms with E-state index in [1.165, 1.54) is 0 Å². The fourth-order valence-corrected chi connectivity index (χ4v) is 2.23. The van der Waals surface area contributed by atoms with Gasteiger partial charge in [-0.05, 0) is 29.1 Å². The fourth-order valence-electron chi connectivity index (χ4n) is 1.81. The van der Waals surface area contributed by atoms with Crippen LogP contribution in [0.5, 0.6) is 0 Å². The van der Waals surface area contributed by atoms with Crippen molar-refractivity contribution in [2.75, 3.05) is 33.2 Å². The molecule has 0 aromatic carbocycles. The van der Waals surface area contributed by atoms with Crippen molar-refractivity contribution in [3.05, 3.63) is 10.7 Å². The molecule has 1 fully saturated rings. The van der Waals surface area contributed by atoms with Crippen molar-refractivity contribution < 1.29 is 9.53 Å². The molecule has 1 unspecified atom stereocenters. The van der Waals surface area contributed by atoms with Crippen LogP contribution in [0.2, 0.25) is 0 Å². The van der Waals surface area contributed by atoms with Crippen molar-refractivity contribution in [2.24, 2.45) is 0 Å². The van der Waals surface area contributed by atoms with E-state index in [1.807, 2.05) is 11.0 Å². The first-order valence-corrected chi connectivity index (χ1v) is 5.96. The Morgan fingerprint density at radius 3 is 2.67 bits per heavy atom. The van der Waals surface area contributed by atoms with Crippen LogP contribution in [-0.2, 0) is 9.53 Å². The average Bonchev–Trinajstić information content (AvgIpc) is 2.65. The molecule has 1 saturated heterocycles. The van der Waals surface area contributed by atoms with Gasteiger partial charge in [-0.1, -0.05) is 0 Å². The summed E-state index contributed by atoms with van der Waals surface area (Å²) >= 11 is 3.24. The highest BCUT2D eigenvalue weighted by Crippen LogP contribution is 2.23. The maximum absolute atomic E-state index is 12.0. The number of rotatable bonds is 1. The molecule has 15 heavy (non-hydrogen) atoms. The van der Waals surface area contributed by atoms with Crippen LogP contribution in [0.1, 0.15) is 6.42 Å². The van der Waals surface area contributed by atoms with Crippen molar-refractivity contribution in [3.8, 4) is 0 Å². The highest BCUT2D eigenvalue weighted by molar-refractivity contribution is 9.11. The van der Waals surface area contributed by atoms with Crippen molar-refractivity contribution in [1.82, 2.24) is 9.80 Å². The van der Waals surface area contributed by atoms with Gasteiger partial charge in [0.2, 0.25) is 0 Å². The Kier molecular flexibility index (Phi) is 3.31. The molecule has 0 spiro atoms. The summed E-state index contributed by atoms with van der Waals surface area (Å²) in [6, 6.07) is 0. The van der Waals surface area contributed by atoms with Gasteiger partial charge < -0.3 is 14.5 Å². The van der Waals surface area contributed by atoms with Crippen LogP contribution in [0.25, 0.3) is 0 Å². The maximum Gasteiger partial charge on any atom is 0.264 e. The number of ether oxygens (including phenoxy) is 1. The van der Waals surface area contributed by atoms with E-state index in [4.69, 9.17) is 4.74 Å². The number of likely N-dealkylation sites (N-methyl/N-ethyl adjacent to an activating group) is 1. The lowest BCUT2D eigenvalue weighted by molar-refractivity contribution is -0.141. The number of amides is 1. The van der Waals surface area contributed by atoms with Crippen LogP contribution in [0.4, 0.5) is 0 Å². The topological polar surface area (TPSA) is 32.8 Å². The molecule has 0 aromatic heterocycles. The van der Waals surface area contributed by atoms with E-state index in [0.29, 0.717) is 11.1 Å². The Balaban J connectivity index is 1.86. The van der Waals surface area contributed by atoms with E-state index in [2.05, 4.69) is 27.9 Å². The summed E-state index contributed by atoms with van der Waals surface area (Å²) in [7, 11) is 2.08. The molecule has 0 aliphatic carbocycles. The van der Waals surface area contributed by atoms with Gasteiger partial charge in [0.25, 0.3) is 5.91 Å². The molecule has 5 heteroatoms. The summed E-state index contributed by atoms with van der Waals surface area (Å²) in [6.45, 7) is 3.53. The number of carbonyl (C=O) groups is 1. The molecule has 1 amide bonds. The molecular formula is C10H15BrN2O2. The lowest BCUT2D eigenvalue weighted by Crippen LogP contribution is -2.50. The molecule has 0 radical (unpaired) electrons. The van der Waals surface area contributed by atoms with Gasteiger partial charge >= 0.3 is 0 Å². The second-order valence-corrected chi connectivity index (χ2v) is 4.76. The van der Waals surface area contributed by atoms with Gasteiger partial charge in [0, 0.05) is 32.6 Å². The van der Waals surface area contributed by atoms with Gasteiger partial charge in [-0.2, -0.15) is 0 Å². The highest BCUT2D eigenvalue weighted by Gasteiger charge is 2.30. The number of halogens is 1. The van der Waals surface area contributed by atoms with Crippen LogP contribution >= 0.6 is 15.9 Å². The minimum absolute atomic E-state index is 0.119. The molecule has 0 N–H and O–H groups in total. The van der Waals surface area contributed by atoms with Crippen molar-refractivity contribution in [1.29, 1.82) is 0 Å². The van der Waals surface area contributed by atoms with E-state index in [-0.39, 0.29) is 12.0 Å². The molecule has 0 bridgehead atoms. The summed E-state index contributed by atoms with van der Waals surface area (Å²) in [5, 5.41) is 0. The first kappa shape index (κ1) is 11.0. The Labute approximate surface area is 98.0 Å². The van der Waals surface area contributed by atoms with Gasteiger partial charge in [-0.25, -0.2) is 0 Å². The van der Waals surface area contributed by atoms with Gasteiger partial charge in [-0.15, -0.1) is 0 Å². The summed E-state index contributed by atoms with van der Waals surface area (Å²) in [6.07, 6.45) is 2.28. The van der Waals surface area contributed by atoms with E-state index < -0.39 is 0 Å². The SMILES string of the molecule is CN1CCN(C(=O)C2CC=C(Br)O2)CC1. The first-order chi connectivity index (χ1) is 7.16. The van der Waals surface area contributed by atoms with Gasteiger partial charge in [0.05, 0.1) is 0 Å². The van der Waals surface area contributed by atoms with Crippen molar-refractivity contribution in [3.63, 3.8) is 0 Å². The van der Waals surface area contributed by atoms with Crippen LogP contribution < -0.4 is 0 Å². The molecule has 1 atom stereocenters. The lowest BCUT2D eigenvalue weighted by atomic mass is 10.2. The Morgan fingerprint density at radius 2 is 2.13 bits per heavy atom. The third kappa shape index (κ3) is 2.52. The summed E-state index contributed by atoms with van der Waals surface area (Å²) in [4.78, 5) is 16.1. The summed E-state index contributed by atoms with van der Waals surface area (Å²) in [5.74, 6) is 0.119. The molecule has 84 valence electrons. The summed E-state index contributed by atoms with van der Waals surface area (Å²) in [5.41, 5.74) is 0. The van der Waals surface area contributed by atoms with Crippen LogP contribution in [0, 0.1) is 0 Å². The smallest absolute Gasteiger partial charge is 0.264 e. The van der Waals surface area contributed by atoms with Crippen LogP contribution in [-0.4, -0.2) is 55.0 Å². The van der Waals surface area contributed by atoms with E-state index in [9.17, 15) is 4.79 Å². The maximum atomic E-state index is 12.0. The van der Waals surface area contributed by atoms with Gasteiger partial charge in [0.1, 0.15) is 0 Å². The van der Waals surface area contributed by atoms with E-state index in [0.717, 1.165) is 26.2 Å². The number of hydrogen-bond acceptors (Lipinski definition) is 3. The zero-order valence-electron chi connectivity index (χ0n) is 8.78. The van der Waals surface area contributed by atoms with E-state index >= 15 is 0 Å². The average molecular weight is 275 g/mol. The quantitative estimate of drug-likeness (QED) is 0.709. The highest BCUT2D eigenvalue weighted by atomic mass is 79.9. The molecule has 0 aromatic rings. The molecule has 2 heterocycles. The Hall–Kier alpha value is -0.550. The van der Waals surface area contributed by atoms with Crippen LogP contribution in [0.3, 0.4) is 0 Å². The minimum atomic E-state index is -0.303. The second-order valence-electron chi connectivity index (χ2n) is 3.98. The van der Waals surface area contributed by atoms with Gasteiger partial charge in [0.15, 0.2) is 10.8 Å². The molecule has 4 nitrogen and oxygen atoms in total. The van der Waals surface area contributed by atoms with Crippen molar-refractivity contribution in [2.45, 2.75) is 12.5 Å². The molecule has 2 rings (SSSR count).